The van der Waals surface area contributed by atoms with Gasteiger partial charge in [-0.3, -0.25) is 0 Å². The molecule has 0 aromatic heterocycles. The highest BCUT2D eigenvalue weighted by atomic mass is 16.7. The SMILES string of the molecule is CCCCO[C@H](C)OC[C@@H](C)O. The van der Waals surface area contributed by atoms with Crippen molar-refractivity contribution in [3.8, 4) is 0 Å². The van der Waals surface area contributed by atoms with Crippen LogP contribution in [-0.2, 0) is 9.47 Å². The zero-order valence-corrected chi connectivity index (χ0v) is 8.25. The molecule has 0 heterocycles. The molecule has 0 saturated heterocycles. The molecule has 1 N–H and O–H groups in total. The number of aliphatic hydroxyl groups is 1. The summed E-state index contributed by atoms with van der Waals surface area (Å²) >= 11 is 0. The Bertz CT molecular complexity index is 93.8. The first-order valence-corrected chi connectivity index (χ1v) is 4.58. The van der Waals surface area contributed by atoms with E-state index in [1.165, 1.54) is 0 Å². The van der Waals surface area contributed by atoms with E-state index in [0.29, 0.717) is 6.61 Å². The molecule has 0 saturated carbocycles. The van der Waals surface area contributed by atoms with E-state index in [1.807, 2.05) is 6.92 Å². The standard InChI is InChI=1S/C9H20O3/c1-4-5-6-11-9(3)12-7-8(2)10/h8-10H,4-7H2,1-3H3/t8-,9+/m1/s1. The minimum atomic E-state index is -0.415. The van der Waals surface area contributed by atoms with Crippen molar-refractivity contribution < 1.29 is 14.6 Å². The van der Waals surface area contributed by atoms with Gasteiger partial charge in [-0.1, -0.05) is 13.3 Å². The summed E-state index contributed by atoms with van der Waals surface area (Å²) in [7, 11) is 0. The number of hydrogen-bond acceptors (Lipinski definition) is 3. The third-order valence-electron chi connectivity index (χ3n) is 1.42. The lowest BCUT2D eigenvalue weighted by Crippen LogP contribution is -2.19. The van der Waals surface area contributed by atoms with Crippen molar-refractivity contribution in [3.63, 3.8) is 0 Å². The Labute approximate surface area is 74.7 Å². The molecule has 0 amide bonds. The Balaban J connectivity index is 3.15. The molecule has 0 spiro atoms. The third-order valence-corrected chi connectivity index (χ3v) is 1.42. The average molecular weight is 176 g/mol. The zero-order valence-electron chi connectivity index (χ0n) is 8.25. The Morgan fingerprint density at radius 3 is 2.42 bits per heavy atom. The predicted molar refractivity (Wildman–Crippen MR) is 48.0 cm³/mol. The van der Waals surface area contributed by atoms with Gasteiger partial charge in [0, 0.05) is 6.61 Å². The van der Waals surface area contributed by atoms with Crippen LogP contribution in [0.5, 0.6) is 0 Å². The van der Waals surface area contributed by atoms with Crippen molar-refractivity contribution >= 4 is 0 Å². The maximum absolute atomic E-state index is 8.89. The summed E-state index contributed by atoms with van der Waals surface area (Å²) in [5.74, 6) is 0. The van der Waals surface area contributed by atoms with Crippen LogP contribution in [0.4, 0.5) is 0 Å². The van der Waals surface area contributed by atoms with Crippen molar-refractivity contribution in [1.29, 1.82) is 0 Å². The van der Waals surface area contributed by atoms with Crippen LogP contribution in [0.3, 0.4) is 0 Å². The van der Waals surface area contributed by atoms with E-state index in [4.69, 9.17) is 14.6 Å². The number of hydrogen-bond donors (Lipinski definition) is 1. The lowest BCUT2D eigenvalue weighted by Gasteiger charge is -2.14. The quantitative estimate of drug-likeness (QED) is 0.472. The minimum Gasteiger partial charge on any atom is -0.391 e. The molecule has 0 aromatic carbocycles. The summed E-state index contributed by atoms with van der Waals surface area (Å²) in [6.07, 6.45) is 1.57. The van der Waals surface area contributed by atoms with Crippen LogP contribution in [0, 0.1) is 0 Å². The monoisotopic (exact) mass is 176 g/mol. The number of ether oxygens (including phenoxy) is 2. The molecule has 74 valence electrons. The molecule has 3 heteroatoms. The van der Waals surface area contributed by atoms with E-state index in [9.17, 15) is 0 Å². The van der Waals surface area contributed by atoms with Gasteiger partial charge in [0.2, 0.25) is 0 Å². The zero-order chi connectivity index (χ0) is 9.40. The third kappa shape index (κ3) is 7.98. The van der Waals surface area contributed by atoms with Crippen LogP contribution < -0.4 is 0 Å². The van der Waals surface area contributed by atoms with Crippen LogP contribution in [0.2, 0.25) is 0 Å². The average Bonchev–Trinajstić information content (AvgIpc) is 2.01. The number of rotatable bonds is 7. The second-order valence-electron chi connectivity index (χ2n) is 2.97. The van der Waals surface area contributed by atoms with Gasteiger partial charge >= 0.3 is 0 Å². The molecule has 0 aliphatic rings. The lowest BCUT2D eigenvalue weighted by atomic mass is 10.4. The van der Waals surface area contributed by atoms with E-state index in [0.717, 1.165) is 19.4 Å². The molecule has 3 nitrogen and oxygen atoms in total. The Morgan fingerprint density at radius 2 is 1.92 bits per heavy atom. The maximum Gasteiger partial charge on any atom is 0.154 e. The second-order valence-corrected chi connectivity index (χ2v) is 2.97. The molecule has 2 atom stereocenters. The van der Waals surface area contributed by atoms with Crippen LogP contribution in [0.15, 0.2) is 0 Å². The fourth-order valence-corrected chi connectivity index (χ4v) is 0.717. The van der Waals surface area contributed by atoms with Crippen LogP contribution in [0.1, 0.15) is 33.6 Å². The maximum atomic E-state index is 8.89. The normalized spacial score (nSPS) is 16.0. The molecule has 0 fully saturated rings. The fraction of sp³-hybridized carbons (Fsp3) is 1.00. The summed E-state index contributed by atoms with van der Waals surface area (Å²) in [5.41, 5.74) is 0. The van der Waals surface area contributed by atoms with E-state index in [-0.39, 0.29) is 6.29 Å². The van der Waals surface area contributed by atoms with Crippen molar-refractivity contribution in [1.82, 2.24) is 0 Å². The van der Waals surface area contributed by atoms with Gasteiger partial charge < -0.3 is 14.6 Å². The summed E-state index contributed by atoms with van der Waals surface area (Å²) in [6.45, 7) is 6.73. The molecule has 12 heavy (non-hydrogen) atoms. The second kappa shape index (κ2) is 7.53. The lowest BCUT2D eigenvalue weighted by molar-refractivity contribution is -0.145. The number of aliphatic hydroxyl groups excluding tert-OH is 1. The molecule has 0 unspecified atom stereocenters. The van der Waals surface area contributed by atoms with E-state index in [1.54, 1.807) is 6.92 Å². The largest absolute Gasteiger partial charge is 0.391 e. The van der Waals surface area contributed by atoms with E-state index in [2.05, 4.69) is 6.92 Å². The van der Waals surface area contributed by atoms with Crippen molar-refractivity contribution in [2.24, 2.45) is 0 Å². The van der Waals surface area contributed by atoms with Gasteiger partial charge in [-0.15, -0.1) is 0 Å². The van der Waals surface area contributed by atoms with Crippen LogP contribution >= 0.6 is 0 Å². The summed E-state index contributed by atoms with van der Waals surface area (Å²) in [4.78, 5) is 0. The first kappa shape index (κ1) is 11.9. The highest BCUT2D eigenvalue weighted by molar-refractivity contribution is 4.42. The van der Waals surface area contributed by atoms with Crippen molar-refractivity contribution in [3.05, 3.63) is 0 Å². The van der Waals surface area contributed by atoms with Gasteiger partial charge in [0.15, 0.2) is 6.29 Å². The summed E-state index contributed by atoms with van der Waals surface area (Å²) in [5, 5.41) is 8.89. The van der Waals surface area contributed by atoms with E-state index >= 15 is 0 Å². The Kier molecular flexibility index (Phi) is 7.45. The van der Waals surface area contributed by atoms with Gasteiger partial charge in [-0.2, -0.15) is 0 Å². The van der Waals surface area contributed by atoms with Crippen LogP contribution in [0.25, 0.3) is 0 Å². The summed E-state index contributed by atoms with van der Waals surface area (Å²) in [6, 6.07) is 0. The highest BCUT2D eigenvalue weighted by Crippen LogP contribution is 1.97. The topological polar surface area (TPSA) is 38.7 Å². The van der Waals surface area contributed by atoms with Gasteiger partial charge in [0.1, 0.15) is 0 Å². The van der Waals surface area contributed by atoms with Gasteiger partial charge in [-0.25, -0.2) is 0 Å². The first-order chi connectivity index (χ1) is 5.66. The molecule has 0 aliphatic carbocycles. The molecule has 0 bridgehead atoms. The first-order valence-electron chi connectivity index (χ1n) is 4.58. The smallest absolute Gasteiger partial charge is 0.154 e. The molecule has 0 rings (SSSR count). The predicted octanol–water partition coefficient (Wildman–Crippen LogP) is 1.55. The summed E-state index contributed by atoms with van der Waals surface area (Å²) < 4.78 is 10.5. The van der Waals surface area contributed by atoms with E-state index < -0.39 is 6.10 Å². The molecular formula is C9H20O3. The molecule has 0 aromatic rings. The Morgan fingerprint density at radius 1 is 1.25 bits per heavy atom. The van der Waals surface area contributed by atoms with Crippen molar-refractivity contribution in [2.45, 2.75) is 46.0 Å². The molecular weight excluding hydrogens is 156 g/mol. The fourth-order valence-electron chi connectivity index (χ4n) is 0.717. The van der Waals surface area contributed by atoms with Gasteiger partial charge in [0.05, 0.1) is 12.7 Å². The van der Waals surface area contributed by atoms with Crippen LogP contribution in [-0.4, -0.2) is 30.7 Å². The molecule has 0 aliphatic heterocycles. The van der Waals surface area contributed by atoms with Gasteiger partial charge in [0.25, 0.3) is 0 Å². The number of unbranched alkanes of at least 4 members (excludes halogenated alkanes) is 1. The van der Waals surface area contributed by atoms with Gasteiger partial charge in [-0.05, 0) is 20.3 Å². The Hall–Kier alpha value is -0.120. The molecule has 0 radical (unpaired) electrons. The van der Waals surface area contributed by atoms with Crippen molar-refractivity contribution in [2.75, 3.05) is 13.2 Å². The highest BCUT2D eigenvalue weighted by Gasteiger charge is 2.03. The minimum absolute atomic E-state index is 0.203.